The number of para-hydroxylation sites is 1. The SMILES string of the molecule is CC(Nc1cc(C(=O)O)ccc1F)c1ccccc1O. The summed E-state index contributed by atoms with van der Waals surface area (Å²) >= 11 is 0. The number of hydrogen-bond acceptors (Lipinski definition) is 3. The summed E-state index contributed by atoms with van der Waals surface area (Å²) in [5.74, 6) is -1.57. The van der Waals surface area contributed by atoms with Gasteiger partial charge in [-0.1, -0.05) is 18.2 Å². The van der Waals surface area contributed by atoms with Gasteiger partial charge in [-0.25, -0.2) is 9.18 Å². The van der Waals surface area contributed by atoms with Crippen LogP contribution < -0.4 is 5.32 Å². The smallest absolute Gasteiger partial charge is 0.335 e. The molecule has 2 aromatic carbocycles. The van der Waals surface area contributed by atoms with Gasteiger partial charge in [0.05, 0.1) is 17.3 Å². The minimum atomic E-state index is -1.12. The molecule has 20 heavy (non-hydrogen) atoms. The van der Waals surface area contributed by atoms with Crippen molar-refractivity contribution in [3.63, 3.8) is 0 Å². The Morgan fingerprint density at radius 3 is 2.60 bits per heavy atom. The zero-order valence-corrected chi connectivity index (χ0v) is 10.8. The van der Waals surface area contributed by atoms with Crippen molar-refractivity contribution in [3.05, 3.63) is 59.4 Å². The molecule has 104 valence electrons. The number of carboxylic acids is 1. The molecule has 0 aromatic heterocycles. The van der Waals surface area contributed by atoms with E-state index in [0.29, 0.717) is 5.56 Å². The average Bonchev–Trinajstić information content (AvgIpc) is 2.41. The van der Waals surface area contributed by atoms with Crippen molar-refractivity contribution < 1.29 is 19.4 Å². The maximum atomic E-state index is 13.7. The molecule has 0 radical (unpaired) electrons. The molecule has 0 heterocycles. The van der Waals surface area contributed by atoms with Gasteiger partial charge in [-0.3, -0.25) is 0 Å². The predicted octanol–water partition coefficient (Wildman–Crippen LogP) is 3.40. The van der Waals surface area contributed by atoms with Crippen LogP contribution in [0.15, 0.2) is 42.5 Å². The molecular weight excluding hydrogens is 261 g/mol. The number of anilines is 1. The van der Waals surface area contributed by atoms with Gasteiger partial charge in [0.15, 0.2) is 0 Å². The number of phenols is 1. The van der Waals surface area contributed by atoms with E-state index in [4.69, 9.17) is 5.11 Å². The van der Waals surface area contributed by atoms with Crippen LogP contribution >= 0.6 is 0 Å². The predicted molar refractivity (Wildman–Crippen MR) is 73.5 cm³/mol. The van der Waals surface area contributed by atoms with Crippen LogP contribution in [0.5, 0.6) is 5.75 Å². The molecule has 2 aromatic rings. The van der Waals surface area contributed by atoms with E-state index in [1.807, 2.05) is 0 Å². The van der Waals surface area contributed by atoms with Crippen LogP contribution in [0.4, 0.5) is 10.1 Å². The Morgan fingerprint density at radius 1 is 1.25 bits per heavy atom. The molecule has 0 aliphatic heterocycles. The standard InChI is InChI=1S/C15H14FNO3/c1-9(11-4-2-3-5-14(11)18)17-13-8-10(15(19)20)6-7-12(13)16/h2-9,17-18H,1H3,(H,19,20). The molecule has 0 bridgehead atoms. The Morgan fingerprint density at radius 2 is 1.95 bits per heavy atom. The summed E-state index contributed by atoms with van der Waals surface area (Å²) < 4.78 is 13.7. The summed E-state index contributed by atoms with van der Waals surface area (Å²) in [4.78, 5) is 10.9. The molecule has 0 aliphatic carbocycles. The number of aromatic hydroxyl groups is 1. The van der Waals surface area contributed by atoms with E-state index >= 15 is 0 Å². The lowest BCUT2D eigenvalue weighted by Gasteiger charge is -2.17. The van der Waals surface area contributed by atoms with E-state index in [-0.39, 0.29) is 23.0 Å². The molecule has 5 heteroatoms. The van der Waals surface area contributed by atoms with Crippen LogP contribution in [0.2, 0.25) is 0 Å². The Bertz CT molecular complexity index is 643. The average molecular weight is 275 g/mol. The number of aromatic carboxylic acids is 1. The monoisotopic (exact) mass is 275 g/mol. The number of benzene rings is 2. The van der Waals surface area contributed by atoms with Gasteiger partial charge in [-0.2, -0.15) is 0 Å². The van der Waals surface area contributed by atoms with E-state index in [0.717, 1.165) is 6.07 Å². The number of nitrogens with one attached hydrogen (secondary N) is 1. The topological polar surface area (TPSA) is 69.6 Å². The third-order valence-corrected chi connectivity index (χ3v) is 2.99. The second kappa shape index (κ2) is 5.61. The van der Waals surface area contributed by atoms with Crippen LogP contribution in [0.3, 0.4) is 0 Å². The zero-order valence-electron chi connectivity index (χ0n) is 10.8. The third-order valence-electron chi connectivity index (χ3n) is 2.99. The Balaban J connectivity index is 2.28. The number of carbonyl (C=O) groups is 1. The zero-order chi connectivity index (χ0) is 14.7. The highest BCUT2D eigenvalue weighted by Gasteiger charge is 2.13. The van der Waals surface area contributed by atoms with Gasteiger partial charge in [0.2, 0.25) is 0 Å². The van der Waals surface area contributed by atoms with Crippen molar-refractivity contribution in [2.75, 3.05) is 5.32 Å². The summed E-state index contributed by atoms with van der Waals surface area (Å²) in [6, 6.07) is 9.87. The highest BCUT2D eigenvalue weighted by atomic mass is 19.1. The quantitative estimate of drug-likeness (QED) is 0.799. The number of rotatable bonds is 4. The van der Waals surface area contributed by atoms with E-state index in [2.05, 4.69) is 5.32 Å². The lowest BCUT2D eigenvalue weighted by atomic mass is 10.1. The minimum Gasteiger partial charge on any atom is -0.508 e. The largest absolute Gasteiger partial charge is 0.508 e. The molecule has 0 aliphatic rings. The summed E-state index contributed by atoms with van der Waals surface area (Å²) in [6.45, 7) is 1.75. The number of carboxylic acid groups (broad SMARTS) is 1. The summed E-state index contributed by atoms with van der Waals surface area (Å²) in [7, 11) is 0. The van der Waals surface area contributed by atoms with Gasteiger partial charge in [0, 0.05) is 5.56 Å². The van der Waals surface area contributed by atoms with Crippen LogP contribution in [0, 0.1) is 5.82 Å². The first kappa shape index (κ1) is 13.9. The van der Waals surface area contributed by atoms with Crippen molar-refractivity contribution in [2.24, 2.45) is 0 Å². The highest BCUT2D eigenvalue weighted by Crippen LogP contribution is 2.28. The van der Waals surface area contributed by atoms with E-state index in [9.17, 15) is 14.3 Å². The fourth-order valence-electron chi connectivity index (χ4n) is 1.93. The first-order valence-corrected chi connectivity index (χ1v) is 6.06. The number of halogens is 1. The normalized spacial score (nSPS) is 11.9. The van der Waals surface area contributed by atoms with E-state index in [1.54, 1.807) is 25.1 Å². The molecule has 0 fully saturated rings. The third kappa shape index (κ3) is 2.88. The van der Waals surface area contributed by atoms with Crippen molar-refractivity contribution in [1.29, 1.82) is 0 Å². The first-order chi connectivity index (χ1) is 9.49. The fourth-order valence-corrected chi connectivity index (χ4v) is 1.93. The summed E-state index contributed by atoms with van der Waals surface area (Å²) in [5, 5.41) is 21.5. The van der Waals surface area contributed by atoms with Gasteiger partial charge >= 0.3 is 5.97 Å². The van der Waals surface area contributed by atoms with Gasteiger partial charge < -0.3 is 15.5 Å². The molecule has 1 atom stereocenters. The highest BCUT2D eigenvalue weighted by molar-refractivity contribution is 5.88. The molecule has 0 saturated heterocycles. The Kier molecular flexibility index (Phi) is 3.89. The Labute approximate surface area is 115 Å². The molecule has 0 amide bonds. The van der Waals surface area contributed by atoms with Crippen molar-refractivity contribution in [2.45, 2.75) is 13.0 Å². The van der Waals surface area contributed by atoms with Crippen LogP contribution in [-0.4, -0.2) is 16.2 Å². The molecule has 3 N–H and O–H groups in total. The number of phenolic OH excluding ortho intramolecular Hbond substituents is 1. The maximum Gasteiger partial charge on any atom is 0.335 e. The molecule has 0 saturated carbocycles. The summed E-state index contributed by atoms with van der Waals surface area (Å²) in [6.07, 6.45) is 0. The van der Waals surface area contributed by atoms with E-state index in [1.165, 1.54) is 18.2 Å². The van der Waals surface area contributed by atoms with Crippen molar-refractivity contribution in [3.8, 4) is 5.75 Å². The van der Waals surface area contributed by atoms with Crippen molar-refractivity contribution >= 4 is 11.7 Å². The second-order valence-corrected chi connectivity index (χ2v) is 4.42. The van der Waals surface area contributed by atoms with Crippen LogP contribution in [0.25, 0.3) is 0 Å². The maximum absolute atomic E-state index is 13.7. The lowest BCUT2D eigenvalue weighted by molar-refractivity contribution is 0.0697. The second-order valence-electron chi connectivity index (χ2n) is 4.42. The lowest BCUT2D eigenvalue weighted by Crippen LogP contribution is -2.09. The van der Waals surface area contributed by atoms with Crippen molar-refractivity contribution in [1.82, 2.24) is 0 Å². The van der Waals surface area contributed by atoms with Gasteiger partial charge in [-0.05, 0) is 31.2 Å². The van der Waals surface area contributed by atoms with Gasteiger partial charge in [-0.15, -0.1) is 0 Å². The van der Waals surface area contributed by atoms with Crippen LogP contribution in [-0.2, 0) is 0 Å². The first-order valence-electron chi connectivity index (χ1n) is 6.06. The molecule has 2 rings (SSSR count). The van der Waals surface area contributed by atoms with Gasteiger partial charge in [0.25, 0.3) is 0 Å². The van der Waals surface area contributed by atoms with Crippen LogP contribution in [0.1, 0.15) is 28.9 Å². The molecule has 1 unspecified atom stereocenters. The fraction of sp³-hybridized carbons (Fsp3) is 0.133. The van der Waals surface area contributed by atoms with E-state index < -0.39 is 11.8 Å². The number of hydrogen-bond donors (Lipinski definition) is 3. The summed E-state index contributed by atoms with van der Waals surface area (Å²) in [5.41, 5.74) is 0.687. The molecule has 4 nitrogen and oxygen atoms in total. The molecular formula is C15H14FNO3. The minimum absolute atomic E-state index is 0.00150. The molecule has 0 spiro atoms. The van der Waals surface area contributed by atoms with Gasteiger partial charge in [0.1, 0.15) is 11.6 Å². The Hall–Kier alpha value is -2.56.